The zero-order chi connectivity index (χ0) is 11.4. The Kier molecular flexibility index (Phi) is 4.20. The second kappa shape index (κ2) is 5.21. The molecule has 1 aromatic rings. The van der Waals surface area contributed by atoms with Crippen LogP contribution in [0.2, 0.25) is 0 Å². The Morgan fingerprint density at radius 1 is 1.53 bits per heavy atom. The first kappa shape index (κ1) is 12.1. The molecule has 0 aliphatic rings. The van der Waals surface area contributed by atoms with Crippen LogP contribution in [-0.2, 0) is 6.42 Å². The first-order valence-electron chi connectivity index (χ1n) is 5.13. The van der Waals surface area contributed by atoms with Crippen LogP contribution in [0.4, 0.5) is 0 Å². The summed E-state index contributed by atoms with van der Waals surface area (Å²) in [6, 6.07) is 0. The lowest BCUT2D eigenvalue weighted by Crippen LogP contribution is -2.30. The van der Waals surface area contributed by atoms with Crippen molar-refractivity contribution < 1.29 is 4.79 Å². The molecule has 0 saturated carbocycles. The summed E-state index contributed by atoms with van der Waals surface area (Å²) in [6.07, 6.45) is 0.757. The Labute approximate surface area is 94.5 Å². The first-order chi connectivity index (χ1) is 7.06. The first-order valence-corrected chi connectivity index (χ1v) is 5.90. The van der Waals surface area contributed by atoms with Crippen LogP contribution in [0.3, 0.4) is 0 Å². The number of hydrogen-bond donors (Lipinski definition) is 0. The molecule has 0 atom stereocenters. The molecule has 0 unspecified atom stereocenters. The van der Waals surface area contributed by atoms with Gasteiger partial charge in [0.1, 0.15) is 4.88 Å². The van der Waals surface area contributed by atoms with Gasteiger partial charge in [0.15, 0.2) is 0 Å². The van der Waals surface area contributed by atoms with E-state index in [9.17, 15) is 4.79 Å². The Bertz CT molecular complexity index is 335. The predicted octanol–water partition coefficient (Wildman–Crippen LogP) is 1.83. The van der Waals surface area contributed by atoms with E-state index in [0.29, 0.717) is 10.8 Å². The molecule has 5 heteroatoms. The van der Waals surface area contributed by atoms with Gasteiger partial charge >= 0.3 is 0 Å². The number of amides is 1. The van der Waals surface area contributed by atoms with Crippen LogP contribution in [-0.4, -0.2) is 34.0 Å². The van der Waals surface area contributed by atoms with E-state index in [-0.39, 0.29) is 5.91 Å². The minimum absolute atomic E-state index is 0.0375. The van der Waals surface area contributed by atoms with Crippen molar-refractivity contribution in [1.29, 1.82) is 0 Å². The smallest absolute Gasteiger partial charge is 0.267 e. The van der Waals surface area contributed by atoms with Gasteiger partial charge in [-0.15, -0.1) is 5.10 Å². The molecule has 0 aliphatic carbocycles. The molecule has 0 aliphatic heterocycles. The third-order valence-corrected chi connectivity index (χ3v) is 2.83. The van der Waals surface area contributed by atoms with Crippen LogP contribution in [0.5, 0.6) is 0 Å². The summed E-state index contributed by atoms with van der Waals surface area (Å²) in [5.41, 5.74) is 0.806. The van der Waals surface area contributed by atoms with E-state index < -0.39 is 0 Å². The van der Waals surface area contributed by atoms with Crippen molar-refractivity contribution in [2.24, 2.45) is 5.92 Å². The molecule has 0 aromatic carbocycles. The molecule has 84 valence electrons. The molecule has 0 saturated heterocycles. The van der Waals surface area contributed by atoms with Gasteiger partial charge in [0, 0.05) is 13.6 Å². The lowest BCUT2D eigenvalue weighted by atomic mass is 10.2. The van der Waals surface area contributed by atoms with E-state index in [2.05, 4.69) is 23.4 Å². The van der Waals surface area contributed by atoms with E-state index in [1.807, 2.05) is 14.0 Å². The van der Waals surface area contributed by atoms with Gasteiger partial charge in [-0.2, -0.15) is 0 Å². The molecule has 1 amide bonds. The molecule has 4 nitrogen and oxygen atoms in total. The van der Waals surface area contributed by atoms with Crippen molar-refractivity contribution in [2.45, 2.75) is 27.2 Å². The Balaban J connectivity index is 2.76. The molecule has 0 fully saturated rings. The normalized spacial score (nSPS) is 10.7. The molecular formula is C10H17N3OS. The standard InChI is InChI=1S/C10H17N3OS/c1-5-8-9(15-12-11-8)10(14)13(4)6-7(2)3/h7H,5-6H2,1-4H3. The van der Waals surface area contributed by atoms with E-state index in [4.69, 9.17) is 0 Å². The van der Waals surface area contributed by atoms with Gasteiger partial charge in [-0.3, -0.25) is 4.79 Å². The molecule has 0 bridgehead atoms. The SMILES string of the molecule is CCc1nnsc1C(=O)N(C)CC(C)C. The summed E-state index contributed by atoms with van der Waals surface area (Å²) >= 11 is 1.19. The van der Waals surface area contributed by atoms with Gasteiger partial charge in [-0.05, 0) is 23.9 Å². The number of rotatable bonds is 4. The van der Waals surface area contributed by atoms with Crippen molar-refractivity contribution in [3.8, 4) is 0 Å². The van der Waals surface area contributed by atoms with Crippen molar-refractivity contribution in [3.63, 3.8) is 0 Å². The quantitative estimate of drug-likeness (QED) is 0.788. The monoisotopic (exact) mass is 227 g/mol. The van der Waals surface area contributed by atoms with Gasteiger partial charge in [0.05, 0.1) is 5.69 Å². The summed E-state index contributed by atoms with van der Waals surface area (Å²) in [4.78, 5) is 14.4. The van der Waals surface area contributed by atoms with Gasteiger partial charge in [-0.1, -0.05) is 25.3 Å². The highest BCUT2D eigenvalue weighted by atomic mass is 32.1. The maximum atomic E-state index is 12.0. The highest BCUT2D eigenvalue weighted by Gasteiger charge is 2.19. The predicted molar refractivity (Wildman–Crippen MR) is 61.1 cm³/mol. The van der Waals surface area contributed by atoms with E-state index in [0.717, 1.165) is 18.7 Å². The Morgan fingerprint density at radius 2 is 2.20 bits per heavy atom. The second-order valence-corrected chi connectivity index (χ2v) is 4.74. The fraction of sp³-hybridized carbons (Fsp3) is 0.700. The number of carbonyl (C=O) groups is 1. The molecular weight excluding hydrogens is 210 g/mol. The van der Waals surface area contributed by atoms with Crippen LogP contribution in [0.1, 0.15) is 36.1 Å². The van der Waals surface area contributed by atoms with Gasteiger partial charge in [0.2, 0.25) is 0 Å². The third-order valence-electron chi connectivity index (χ3n) is 2.07. The fourth-order valence-electron chi connectivity index (χ4n) is 1.41. The number of hydrogen-bond acceptors (Lipinski definition) is 4. The molecule has 0 radical (unpaired) electrons. The lowest BCUT2D eigenvalue weighted by Gasteiger charge is -2.18. The lowest BCUT2D eigenvalue weighted by molar-refractivity contribution is 0.0782. The largest absolute Gasteiger partial charge is 0.341 e. The molecule has 1 aromatic heterocycles. The van der Waals surface area contributed by atoms with Crippen LogP contribution < -0.4 is 0 Å². The maximum absolute atomic E-state index is 12.0. The van der Waals surface area contributed by atoms with Crippen LogP contribution in [0, 0.1) is 5.92 Å². The number of nitrogens with zero attached hydrogens (tertiary/aromatic N) is 3. The summed E-state index contributed by atoms with van der Waals surface area (Å²) in [6.45, 7) is 6.93. The van der Waals surface area contributed by atoms with E-state index in [1.165, 1.54) is 11.5 Å². The highest BCUT2D eigenvalue weighted by molar-refractivity contribution is 7.07. The molecule has 0 spiro atoms. The average Bonchev–Trinajstić information content (AvgIpc) is 2.62. The summed E-state index contributed by atoms with van der Waals surface area (Å²) < 4.78 is 3.82. The van der Waals surface area contributed by atoms with Crippen LogP contribution in [0.15, 0.2) is 0 Å². The van der Waals surface area contributed by atoms with Crippen LogP contribution >= 0.6 is 11.5 Å². The highest BCUT2D eigenvalue weighted by Crippen LogP contribution is 2.14. The summed E-state index contributed by atoms with van der Waals surface area (Å²) in [5, 5.41) is 3.94. The number of carbonyl (C=O) groups excluding carboxylic acids is 1. The minimum Gasteiger partial charge on any atom is -0.341 e. The average molecular weight is 227 g/mol. The fourth-order valence-corrected chi connectivity index (χ4v) is 2.15. The molecule has 1 rings (SSSR count). The van der Waals surface area contributed by atoms with Gasteiger partial charge in [0.25, 0.3) is 5.91 Å². The van der Waals surface area contributed by atoms with Crippen molar-refractivity contribution >= 4 is 17.4 Å². The maximum Gasteiger partial charge on any atom is 0.267 e. The number of aryl methyl sites for hydroxylation is 1. The van der Waals surface area contributed by atoms with Crippen molar-refractivity contribution in [3.05, 3.63) is 10.6 Å². The molecule has 1 heterocycles. The van der Waals surface area contributed by atoms with Gasteiger partial charge in [-0.25, -0.2) is 0 Å². The Morgan fingerprint density at radius 3 is 2.73 bits per heavy atom. The topological polar surface area (TPSA) is 46.1 Å². The number of aromatic nitrogens is 2. The van der Waals surface area contributed by atoms with Crippen molar-refractivity contribution in [2.75, 3.05) is 13.6 Å². The van der Waals surface area contributed by atoms with Crippen molar-refractivity contribution in [1.82, 2.24) is 14.5 Å². The summed E-state index contributed by atoms with van der Waals surface area (Å²) in [7, 11) is 1.82. The van der Waals surface area contributed by atoms with E-state index in [1.54, 1.807) is 4.90 Å². The molecule has 15 heavy (non-hydrogen) atoms. The summed E-state index contributed by atoms with van der Waals surface area (Å²) in [5.74, 6) is 0.514. The minimum atomic E-state index is 0.0375. The second-order valence-electron chi connectivity index (χ2n) is 3.98. The molecule has 0 N–H and O–H groups in total. The Hall–Kier alpha value is -0.970. The van der Waals surface area contributed by atoms with E-state index >= 15 is 0 Å². The van der Waals surface area contributed by atoms with Crippen LogP contribution in [0.25, 0.3) is 0 Å². The zero-order valence-electron chi connectivity index (χ0n) is 9.65. The van der Waals surface area contributed by atoms with Gasteiger partial charge < -0.3 is 4.90 Å². The third kappa shape index (κ3) is 2.99. The zero-order valence-corrected chi connectivity index (χ0v) is 10.5.